The Labute approximate surface area is 94.6 Å². The van der Waals surface area contributed by atoms with E-state index in [2.05, 4.69) is 5.32 Å². The summed E-state index contributed by atoms with van der Waals surface area (Å²) in [6.45, 7) is 2.71. The van der Waals surface area contributed by atoms with Crippen molar-refractivity contribution >= 4 is 12.0 Å². The van der Waals surface area contributed by atoms with Crippen molar-refractivity contribution in [3.8, 4) is 0 Å². The number of carboxylic acid groups (broad SMARTS) is 1. The first kappa shape index (κ1) is 12.8. The van der Waals surface area contributed by atoms with E-state index in [-0.39, 0.29) is 18.6 Å². The molecule has 1 saturated heterocycles. The summed E-state index contributed by atoms with van der Waals surface area (Å²) in [4.78, 5) is 24.0. The molecule has 0 aromatic heterocycles. The number of amides is 2. The van der Waals surface area contributed by atoms with Gasteiger partial charge in [0.2, 0.25) is 0 Å². The van der Waals surface area contributed by atoms with Crippen LogP contribution in [0.4, 0.5) is 4.79 Å². The van der Waals surface area contributed by atoms with Gasteiger partial charge in [-0.2, -0.15) is 0 Å². The SMILES string of the molecule is COC(CNC(=O)N1CCCC1C)C(=O)O. The van der Waals surface area contributed by atoms with Gasteiger partial charge in [0, 0.05) is 19.7 Å². The number of methoxy groups -OCH3 is 1. The van der Waals surface area contributed by atoms with Gasteiger partial charge in [-0.05, 0) is 19.8 Å². The van der Waals surface area contributed by atoms with Gasteiger partial charge in [-0.15, -0.1) is 0 Å². The van der Waals surface area contributed by atoms with Crippen LogP contribution in [0.3, 0.4) is 0 Å². The Morgan fingerprint density at radius 3 is 2.75 bits per heavy atom. The number of likely N-dealkylation sites (tertiary alicyclic amines) is 1. The van der Waals surface area contributed by atoms with Gasteiger partial charge in [0.15, 0.2) is 6.10 Å². The zero-order chi connectivity index (χ0) is 12.1. The molecule has 2 unspecified atom stereocenters. The molecule has 0 aliphatic carbocycles. The van der Waals surface area contributed by atoms with E-state index in [0.717, 1.165) is 19.4 Å². The number of urea groups is 1. The van der Waals surface area contributed by atoms with E-state index < -0.39 is 12.1 Å². The molecule has 0 saturated carbocycles. The number of nitrogens with zero attached hydrogens (tertiary/aromatic N) is 1. The molecule has 6 heteroatoms. The average Bonchev–Trinajstić information content (AvgIpc) is 2.64. The van der Waals surface area contributed by atoms with E-state index in [9.17, 15) is 9.59 Å². The minimum atomic E-state index is -1.07. The van der Waals surface area contributed by atoms with Crippen molar-refractivity contribution < 1.29 is 19.4 Å². The molecule has 1 aliphatic rings. The lowest BCUT2D eigenvalue weighted by Crippen LogP contribution is -2.46. The molecule has 0 spiro atoms. The van der Waals surface area contributed by atoms with Crippen LogP contribution >= 0.6 is 0 Å². The van der Waals surface area contributed by atoms with Crippen LogP contribution in [0.25, 0.3) is 0 Å². The van der Waals surface area contributed by atoms with E-state index in [1.54, 1.807) is 4.90 Å². The lowest BCUT2D eigenvalue weighted by atomic mass is 10.2. The van der Waals surface area contributed by atoms with Crippen LogP contribution in [0.15, 0.2) is 0 Å². The van der Waals surface area contributed by atoms with E-state index in [1.807, 2.05) is 6.92 Å². The third-order valence-electron chi connectivity index (χ3n) is 2.81. The molecule has 6 nitrogen and oxygen atoms in total. The first-order valence-corrected chi connectivity index (χ1v) is 5.36. The third kappa shape index (κ3) is 3.10. The molecule has 1 heterocycles. The molecule has 0 radical (unpaired) electrons. The summed E-state index contributed by atoms with van der Waals surface area (Å²) in [7, 11) is 1.31. The van der Waals surface area contributed by atoms with Crippen molar-refractivity contribution in [1.29, 1.82) is 0 Å². The summed E-state index contributed by atoms with van der Waals surface area (Å²) in [5.41, 5.74) is 0. The zero-order valence-electron chi connectivity index (χ0n) is 9.60. The standard InChI is InChI=1S/C10H18N2O4/c1-7-4-3-5-12(7)10(15)11-6-8(16-2)9(13)14/h7-8H,3-6H2,1-2H3,(H,11,15)(H,13,14). The molecule has 0 bridgehead atoms. The molecule has 0 aromatic carbocycles. The van der Waals surface area contributed by atoms with Crippen LogP contribution in [0, 0.1) is 0 Å². The maximum atomic E-state index is 11.7. The fraction of sp³-hybridized carbons (Fsp3) is 0.800. The molecule has 16 heavy (non-hydrogen) atoms. The number of aliphatic carboxylic acids is 1. The van der Waals surface area contributed by atoms with Crippen LogP contribution < -0.4 is 5.32 Å². The summed E-state index contributed by atoms with van der Waals surface area (Å²) in [5, 5.41) is 11.3. The minimum Gasteiger partial charge on any atom is -0.479 e. The molecule has 1 aliphatic heterocycles. The predicted octanol–water partition coefficient (Wildman–Crippen LogP) is 0.280. The molecular weight excluding hydrogens is 212 g/mol. The fourth-order valence-electron chi connectivity index (χ4n) is 1.79. The number of carboxylic acids is 1. The molecule has 2 amide bonds. The number of carbonyl (C=O) groups is 2. The number of nitrogens with one attached hydrogen (secondary N) is 1. The number of ether oxygens (including phenoxy) is 1. The summed E-state index contributed by atoms with van der Waals surface area (Å²) >= 11 is 0. The van der Waals surface area contributed by atoms with Gasteiger partial charge < -0.3 is 20.1 Å². The molecule has 0 aromatic rings. The zero-order valence-corrected chi connectivity index (χ0v) is 9.60. The smallest absolute Gasteiger partial charge is 0.334 e. The Bertz CT molecular complexity index is 270. The lowest BCUT2D eigenvalue weighted by Gasteiger charge is -2.22. The Balaban J connectivity index is 2.37. The highest BCUT2D eigenvalue weighted by Gasteiger charge is 2.26. The van der Waals surface area contributed by atoms with Gasteiger partial charge in [-0.25, -0.2) is 9.59 Å². The van der Waals surface area contributed by atoms with Crippen molar-refractivity contribution in [2.75, 3.05) is 20.2 Å². The second-order valence-corrected chi connectivity index (χ2v) is 3.93. The highest BCUT2D eigenvalue weighted by atomic mass is 16.5. The van der Waals surface area contributed by atoms with Crippen LogP contribution in [-0.2, 0) is 9.53 Å². The van der Waals surface area contributed by atoms with Gasteiger partial charge >= 0.3 is 12.0 Å². The largest absolute Gasteiger partial charge is 0.479 e. The van der Waals surface area contributed by atoms with Gasteiger partial charge in [-0.1, -0.05) is 0 Å². The topological polar surface area (TPSA) is 78.9 Å². The lowest BCUT2D eigenvalue weighted by molar-refractivity contribution is -0.148. The fourth-order valence-corrected chi connectivity index (χ4v) is 1.79. The molecule has 1 fully saturated rings. The molecular formula is C10H18N2O4. The minimum absolute atomic E-state index is 0.00606. The Morgan fingerprint density at radius 2 is 2.31 bits per heavy atom. The number of hydrogen-bond donors (Lipinski definition) is 2. The maximum Gasteiger partial charge on any atom is 0.334 e. The Hall–Kier alpha value is -1.30. The predicted molar refractivity (Wildman–Crippen MR) is 57.2 cm³/mol. The number of rotatable bonds is 4. The normalized spacial score (nSPS) is 21.9. The van der Waals surface area contributed by atoms with Crippen molar-refractivity contribution in [3.05, 3.63) is 0 Å². The van der Waals surface area contributed by atoms with E-state index in [0.29, 0.717) is 0 Å². The summed E-state index contributed by atoms with van der Waals surface area (Å²) < 4.78 is 4.72. The highest BCUT2D eigenvalue weighted by Crippen LogP contribution is 2.15. The van der Waals surface area contributed by atoms with Crippen LogP contribution in [0.2, 0.25) is 0 Å². The second-order valence-electron chi connectivity index (χ2n) is 3.93. The van der Waals surface area contributed by atoms with Gasteiger partial charge in [0.05, 0.1) is 6.54 Å². The van der Waals surface area contributed by atoms with Gasteiger partial charge in [-0.3, -0.25) is 0 Å². The number of hydrogen-bond acceptors (Lipinski definition) is 3. The second kappa shape index (κ2) is 5.69. The van der Waals surface area contributed by atoms with E-state index in [4.69, 9.17) is 9.84 Å². The molecule has 92 valence electrons. The van der Waals surface area contributed by atoms with Gasteiger partial charge in [0.1, 0.15) is 0 Å². The Kier molecular flexibility index (Phi) is 4.54. The molecule has 2 atom stereocenters. The first-order valence-electron chi connectivity index (χ1n) is 5.36. The average molecular weight is 230 g/mol. The molecule has 1 rings (SSSR count). The Morgan fingerprint density at radius 1 is 1.62 bits per heavy atom. The van der Waals surface area contributed by atoms with Gasteiger partial charge in [0.25, 0.3) is 0 Å². The van der Waals surface area contributed by atoms with E-state index in [1.165, 1.54) is 7.11 Å². The monoisotopic (exact) mass is 230 g/mol. The van der Waals surface area contributed by atoms with Crippen molar-refractivity contribution in [3.63, 3.8) is 0 Å². The van der Waals surface area contributed by atoms with Crippen molar-refractivity contribution in [1.82, 2.24) is 10.2 Å². The summed E-state index contributed by atoms with van der Waals surface area (Å²) in [5.74, 6) is -1.07. The van der Waals surface area contributed by atoms with Crippen molar-refractivity contribution in [2.24, 2.45) is 0 Å². The molecule has 2 N–H and O–H groups in total. The summed E-state index contributed by atoms with van der Waals surface area (Å²) in [6, 6.07) is 0.0131. The number of carbonyl (C=O) groups excluding carboxylic acids is 1. The third-order valence-corrected chi connectivity index (χ3v) is 2.81. The summed E-state index contributed by atoms with van der Waals surface area (Å²) in [6.07, 6.45) is 1.02. The van der Waals surface area contributed by atoms with Crippen LogP contribution in [-0.4, -0.2) is 54.4 Å². The highest BCUT2D eigenvalue weighted by molar-refractivity contribution is 5.77. The van der Waals surface area contributed by atoms with E-state index >= 15 is 0 Å². The quantitative estimate of drug-likeness (QED) is 0.727. The van der Waals surface area contributed by atoms with Crippen LogP contribution in [0.1, 0.15) is 19.8 Å². The van der Waals surface area contributed by atoms with Crippen molar-refractivity contribution in [2.45, 2.75) is 31.9 Å². The maximum absolute atomic E-state index is 11.7. The van der Waals surface area contributed by atoms with Crippen LogP contribution in [0.5, 0.6) is 0 Å². The first-order chi connectivity index (χ1) is 7.56.